The molecule has 1 aromatic carbocycles. The highest BCUT2D eigenvalue weighted by Gasteiger charge is 2.36. The highest BCUT2D eigenvalue weighted by molar-refractivity contribution is 9.10. The molecule has 0 radical (unpaired) electrons. The summed E-state index contributed by atoms with van der Waals surface area (Å²) >= 11 is 3.34. The van der Waals surface area contributed by atoms with Crippen molar-refractivity contribution in [2.45, 2.75) is 51.0 Å². The van der Waals surface area contributed by atoms with Gasteiger partial charge in [-0.2, -0.15) is 0 Å². The lowest BCUT2D eigenvalue weighted by Crippen LogP contribution is -2.39. The monoisotopic (exact) mass is 369 g/mol. The molecular weight excluding hydrogens is 345 g/mol. The number of hydrogen-bond donors (Lipinski definition) is 1. The molecule has 4 heteroatoms. The summed E-state index contributed by atoms with van der Waals surface area (Å²) in [6.45, 7) is 3.25. The number of piperidine rings is 1. The van der Waals surface area contributed by atoms with Crippen LogP contribution in [-0.2, 0) is 0 Å². The summed E-state index contributed by atoms with van der Waals surface area (Å²) in [5.74, 6) is -0.277. The molecule has 22 heavy (non-hydrogen) atoms. The van der Waals surface area contributed by atoms with E-state index in [1.54, 1.807) is 6.07 Å². The first-order chi connectivity index (χ1) is 10.6. The minimum atomic E-state index is -0.530. The van der Waals surface area contributed by atoms with Gasteiger partial charge in [0.15, 0.2) is 0 Å². The van der Waals surface area contributed by atoms with Gasteiger partial charge in [0.25, 0.3) is 0 Å². The van der Waals surface area contributed by atoms with Crippen LogP contribution in [0.15, 0.2) is 22.7 Å². The molecule has 3 rings (SSSR count). The lowest BCUT2D eigenvalue weighted by atomic mass is 9.77. The smallest absolute Gasteiger partial charge is 0.124 e. The van der Waals surface area contributed by atoms with Crippen molar-refractivity contribution >= 4 is 15.9 Å². The summed E-state index contributed by atoms with van der Waals surface area (Å²) in [7, 11) is 0. The van der Waals surface area contributed by atoms with Crippen molar-refractivity contribution in [1.29, 1.82) is 0 Å². The first kappa shape index (κ1) is 16.4. The van der Waals surface area contributed by atoms with Crippen LogP contribution in [-0.4, -0.2) is 29.6 Å². The zero-order valence-corrected chi connectivity index (χ0v) is 14.6. The normalized spacial score (nSPS) is 23.0. The third-order valence-corrected chi connectivity index (χ3v) is 6.31. The van der Waals surface area contributed by atoms with Crippen LogP contribution in [0.5, 0.6) is 0 Å². The van der Waals surface area contributed by atoms with Crippen LogP contribution in [0.2, 0.25) is 0 Å². The van der Waals surface area contributed by atoms with Gasteiger partial charge in [-0.05, 0) is 68.3 Å². The summed E-state index contributed by atoms with van der Waals surface area (Å²) in [6, 6.07) is 4.51. The molecule has 2 nitrogen and oxygen atoms in total. The standard InChI is InChI=1S/C18H25BrFNO/c19-16-13-14(20)3-4-15(16)17(22)5-10-21-11-8-18(9-12-21)6-1-2-7-18/h3-4,13,17,22H,1-2,5-12H2. The van der Waals surface area contributed by atoms with Gasteiger partial charge in [-0.3, -0.25) is 0 Å². The van der Waals surface area contributed by atoms with Gasteiger partial charge in [0.2, 0.25) is 0 Å². The second kappa shape index (κ2) is 6.98. The third-order valence-electron chi connectivity index (χ3n) is 5.62. The van der Waals surface area contributed by atoms with Gasteiger partial charge >= 0.3 is 0 Å². The summed E-state index contributed by atoms with van der Waals surface area (Å²) in [5, 5.41) is 10.3. The maximum Gasteiger partial charge on any atom is 0.124 e. The third kappa shape index (κ3) is 3.72. The molecule has 1 aromatic rings. The van der Waals surface area contributed by atoms with Gasteiger partial charge in [-0.15, -0.1) is 0 Å². The fraction of sp³-hybridized carbons (Fsp3) is 0.667. The van der Waals surface area contributed by atoms with Crippen LogP contribution in [0.1, 0.15) is 56.6 Å². The van der Waals surface area contributed by atoms with Crippen LogP contribution in [0.4, 0.5) is 4.39 Å². The number of benzene rings is 1. The van der Waals surface area contributed by atoms with Gasteiger partial charge in [-0.25, -0.2) is 4.39 Å². The van der Waals surface area contributed by atoms with Gasteiger partial charge in [0, 0.05) is 11.0 Å². The summed E-state index contributed by atoms with van der Waals surface area (Å²) in [4.78, 5) is 2.48. The molecule has 1 aliphatic heterocycles. The van der Waals surface area contributed by atoms with Gasteiger partial charge in [-0.1, -0.05) is 34.8 Å². The molecule has 1 spiro atoms. The predicted molar refractivity (Wildman–Crippen MR) is 90.3 cm³/mol. The topological polar surface area (TPSA) is 23.5 Å². The van der Waals surface area contributed by atoms with Crippen LogP contribution in [0.25, 0.3) is 0 Å². The number of aliphatic hydroxyl groups excluding tert-OH is 1. The van der Waals surface area contributed by atoms with E-state index in [2.05, 4.69) is 20.8 Å². The van der Waals surface area contributed by atoms with Crippen molar-refractivity contribution in [3.8, 4) is 0 Å². The fourth-order valence-corrected chi connectivity index (χ4v) is 4.72. The maximum absolute atomic E-state index is 13.1. The minimum absolute atomic E-state index is 0.277. The number of aliphatic hydroxyl groups is 1. The number of likely N-dealkylation sites (tertiary alicyclic amines) is 1. The van der Waals surface area contributed by atoms with Crippen LogP contribution >= 0.6 is 15.9 Å². The Balaban J connectivity index is 1.48. The molecule has 122 valence electrons. The Morgan fingerprint density at radius 1 is 1.18 bits per heavy atom. The highest BCUT2D eigenvalue weighted by atomic mass is 79.9. The lowest BCUT2D eigenvalue weighted by molar-refractivity contribution is 0.0868. The molecule has 1 N–H and O–H groups in total. The van der Waals surface area contributed by atoms with Gasteiger partial charge in [0.1, 0.15) is 5.82 Å². The van der Waals surface area contributed by atoms with Gasteiger partial charge < -0.3 is 10.0 Å². The number of hydrogen-bond acceptors (Lipinski definition) is 2. The Morgan fingerprint density at radius 3 is 2.50 bits per heavy atom. The zero-order valence-electron chi connectivity index (χ0n) is 13.0. The molecule has 1 saturated heterocycles. The number of halogens is 2. The second-order valence-corrected chi connectivity index (χ2v) is 7.87. The zero-order chi connectivity index (χ0) is 15.6. The van der Waals surface area contributed by atoms with E-state index >= 15 is 0 Å². The lowest BCUT2D eigenvalue weighted by Gasteiger charge is -2.39. The van der Waals surface area contributed by atoms with Crippen molar-refractivity contribution in [3.05, 3.63) is 34.1 Å². The van der Waals surface area contributed by atoms with E-state index in [9.17, 15) is 9.50 Å². The van der Waals surface area contributed by atoms with E-state index in [0.29, 0.717) is 16.3 Å². The Morgan fingerprint density at radius 2 is 1.86 bits per heavy atom. The van der Waals surface area contributed by atoms with Crippen molar-refractivity contribution < 1.29 is 9.50 Å². The summed E-state index contributed by atoms with van der Waals surface area (Å²) < 4.78 is 13.8. The molecule has 1 heterocycles. The summed E-state index contributed by atoms with van der Waals surface area (Å²) in [6.07, 6.45) is 8.49. The van der Waals surface area contributed by atoms with E-state index in [4.69, 9.17) is 0 Å². The van der Waals surface area contributed by atoms with E-state index < -0.39 is 6.10 Å². The fourth-order valence-electron chi connectivity index (χ4n) is 4.11. The van der Waals surface area contributed by atoms with Crippen LogP contribution < -0.4 is 0 Å². The highest BCUT2D eigenvalue weighted by Crippen LogP contribution is 2.46. The van der Waals surface area contributed by atoms with Crippen LogP contribution in [0.3, 0.4) is 0 Å². The van der Waals surface area contributed by atoms with Crippen molar-refractivity contribution in [3.63, 3.8) is 0 Å². The Kier molecular flexibility index (Phi) is 5.20. The SMILES string of the molecule is OC(CCN1CCC2(CCCC2)CC1)c1ccc(F)cc1Br. The molecule has 2 fully saturated rings. The summed E-state index contributed by atoms with van der Waals surface area (Å²) in [5.41, 5.74) is 1.43. The number of nitrogens with zero attached hydrogens (tertiary/aromatic N) is 1. The predicted octanol–water partition coefficient (Wildman–Crippen LogP) is 4.67. The molecular formula is C18H25BrFNO. The molecule has 0 amide bonds. The van der Waals surface area contributed by atoms with Crippen molar-refractivity contribution in [1.82, 2.24) is 4.90 Å². The van der Waals surface area contributed by atoms with Crippen molar-refractivity contribution in [2.24, 2.45) is 5.41 Å². The second-order valence-electron chi connectivity index (χ2n) is 7.02. The van der Waals surface area contributed by atoms with E-state index in [0.717, 1.165) is 25.2 Å². The first-order valence-corrected chi connectivity index (χ1v) is 9.23. The van der Waals surface area contributed by atoms with Crippen molar-refractivity contribution in [2.75, 3.05) is 19.6 Å². The Bertz CT molecular complexity index is 506. The first-order valence-electron chi connectivity index (χ1n) is 8.43. The van der Waals surface area contributed by atoms with E-state index in [-0.39, 0.29) is 5.82 Å². The Labute approximate surface area is 140 Å². The molecule has 1 saturated carbocycles. The van der Waals surface area contributed by atoms with Crippen LogP contribution in [0, 0.1) is 11.2 Å². The average Bonchev–Trinajstić information content (AvgIpc) is 2.95. The molecule has 1 aliphatic carbocycles. The van der Waals surface area contributed by atoms with E-state index in [1.165, 1.54) is 50.7 Å². The molecule has 1 unspecified atom stereocenters. The Hall–Kier alpha value is -0.450. The quantitative estimate of drug-likeness (QED) is 0.833. The van der Waals surface area contributed by atoms with E-state index in [1.807, 2.05) is 0 Å². The molecule has 1 atom stereocenters. The molecule has 0 bridgehead atoms. The molecule has 0 aromatic heterocycles. The maximum atomic E-state index is 13.1. The number of rotatable bonds is 4. The van der Waals surface area contributed by atoms with Gasteiger partial charge in [0.05, 0.1) is 6.10 Å². The molecule has 2 aliphatic rings. The minimum Gasteiger partial charge on any atom is -0.388 e. The average molecular weight is 370 g/mol. The largest absolute Gasteiger partial charge is 0.388 e.